The Balaban J connectivity index is 1.73. The highest BCUT2D eigenvalue weighted by atomic mass is 19.1. The number of nitrogens with one attached hydrogen (secondary N) is 1. The summed E-state index contributed by atoms with van der Waals surface area (Å²) in [5, 5.41) is 3.23. The van der Waals surface area contributed by atoms with Gasteiger partial charge in [0.1, 0.15) is 18.5 Å². The van der Waals surface area contributed by atoms with Crippen molar-refractivity contribution in [1.82, 2.24) is 5.32 Å². The van der Waals surface area contributed by atoms with Crippen LogP contribution >= 0.6 is 0 Å². The zero-order chi connectivity index (χ0) is 10.5. The molecule has 1 atom stereocenters. The van der Waals surface area contributed by atoms with Crippen LogP contribution in [-0.4, -0.2) is 25.6 Å². The number of hydrogen-bond donors (Lipinski definition) is 1. The zero-order valence-corrected chi connectivity index (χ0v) is 8.24. The van der Waals surface area contributed by atoms with E-state index in [1.807, 2.05) is 0 Å². The van der Waals surface area contributed by atoms with Crippen molar-refractivity contribution in [2.75, 3.05) is 13.2 Å². The Labute approximate surface area is 88.0 Å². The summed E-state index contributed by atoms with van der Waals surface area (Å²) in [5.41, 5.74) is 1.06. The van der Waals surface area contributed by atoms with Crippen LogP contribution in [0, 0.1) is 5.82 Å². The maximum atomic E-state index is 12.6. The van der Waals surface area contributed by atoms with Gasteiger partial charge in [0.05, 0.1) is 0 Å². The molecule has 0 amide bonds. The molecule has 1 heterocycles. The fraction of sp³-hybridized carbons (Fsp3) is 0.364. The predicted molar refractivity (Wildman–Crippen MR) is 55.3 cm³/mol. The molecule has 2 rings (SSSR count). The molecule has 0 aliphatic carbocycles. The van der Waals surface area contributed by atoms with Crippen LogP contribution in [0.5, 0.6) is 0 Å². The van der Waals surface area contributed by atoms with Gasteiger partial charge in [-0.05, 0) is 17.7 Å². The molecule has 0 fully saturated rings. The smallest absolute Gasteiger partial charge is 0.273 e. The molecule has 3 nitrogen and oxygen atoms in total. The fourth-order valence-electron chi connectivity index (χ4n) is 1.37. The van der Waals surface area contributed by atoms with Crippen molar-refractivity contribution in [1.29, 1.82) is 0 Å². The molecule has 4 heteroatoms. The van der Waals surface area contributed by atoms with E-state index >= 15 is 0 Å². The molecule has 1 N–H and O–H groups in total. The first-order chi connectivity index (χ1) is 7.34. The standard InChI is InChI=1S/C11H12FN2O/c12-10-3-1-9(2-4-10)5-13-6-11-7-15-8-14-11/h1-4,11,13H,5-7H2. The van der Waals surface area contributed by atoms with Crippen LogP contribution < -0.4 is 5.32 Å². The zero-order valence-electron chi connectivity index (χ0n) is 8.24. The molecule has 15 heavy (non-hydrogen) atoms. The first kappa shape index (κ1) is 10.1. The third-order valence-electron chi connectivity index (χ3n) is 2.20. The molecule has 0 aromatic heterocycles. The minimum atomic E-state index is -0.206. The normalized spacial score (nSPS) is 19.1. The SMILES string of the molecule is Fc1ccc(CNCC2CO[C]=N2)cc1. The van der Waals surface area contributed by atoms with Crippen LogP contribution in [0.1, 0.15) is 5.56 Å². The van der Waals surface area contributed by atoms with E-state index in [0.717, 1.165) is 12.1 Å². The van der Waals surface area contributed by atoms with E-state index in [2.05, 4.69) is 16.7 Å². The summed E-state index contributed by atoms with van der Waals surface area (Å²) >= 11 is 0. The second-order valence-corrected chi connectivity index (χ2v) is 3.44. The van der Waals surface area contributed by atoms with Crippen LogP contribution in [0.4, 0.5) is 4.39 Å². The van der Waals surface area contributed by atoms with Crippen LogP contribution in [0.3, 0.4) is 0 Å². The summed E-state index contributed by atoms with van der Waals surface area (Å²) < 4.78 is 17.5. The molecule has 1 radical (unpaired) electrons. The molecule has 0 bridgehead atoms. The Morgan fingerprint density at radius 3 is 2.93 bits per heavy atom. The van der Waals surface area contributed by atoms with Gasteiger partial charge in [-0.2, -0.15) is 0 Å². The van der Waals surface area contributed by atoms with Gasteiger partial charge in [-0.25, -0.2) is 9.38 Å². The van der Waals surface area contributed by atoms with Crippen LogP contribution in [0.25, 0.3) is 0 Å². The molecule has 79 valence electrons. The van der Waals surface area contributed by atoms with Crippen molar-refractivity contribution in [3.63, 3.8) is 0 Å². The number of hydrogen-bond acceptors (Lipinski definition) is 3. The average molecular weight is 207 g/mol. The highest BCUT2D eigenvalue weighted by Gasteiger charge is 2.11. The molecular weight excluding hydrogens is 195 g/mol. The van der Waals surface area contributed by atoms with Crippen LogP contribution in [0.2, 0.25) is 0 Å². The molecule has 0 spiro atoms. The average Bonchev–Trinajstić information content (AvgIpc) is 2.74. The van der Waals surface area contributed by atoms with Crippen molar-refractivity contribution < 1.29 is 9.13 Å². The summed E-state index contributed by atoms with van der Waals surface area (Å²) in [7, 11) is 0. The molecule has 0 saturated carbocycles. The van der Waals surface area contributed by atoms with Gasteiger partial charge in [0.25, 0.3) is 6.40 Å². The quantitative estimate of drug-likeness (QED) is 0.805. The third-order valence-corrected chi connectivity index (χ3v) is 2.20. The van der Waals surface area contributed by atoms with E-state index in [0.29, 0.717) is 13.2 Å². The van der Waals surface area contributed by atoms with Crippen molar-refractivity contribution in [2.24, 2.45) is 4.99 Å². The van der Waals surface area contributed by atoms with Gasteiger partial charge < -0.3 is 10.1 Å². The predicted octanol–water partition coefficient (Wildman–Crippen LogP) is 1.22. The van der Waals surface area contributed by atoms with E-state index in [1.165, 1.54) is 12.1 Å². The van der Waals surface area contributed by atoms with E-state index in [1.54, 1.807) is 12.1 Å². The minimum absolute atomic E-state index is 0.158. The van der Waals surface area contributed by atoms with Crippen LogP contribution in [0.15, 0.2) is 29.3 Å². The minimum Gasteiger partial charge on any atom is -0.472 e. The van der Waals surface area contributed by atoms with Crippen LogP contribution in [-0.2, 0) is 11.3 Å². The van der Waals surface area contributed by atoms with Gasteiger partial charge in [0.2, 0.25) is 0 Å². The van der Waals surface area contributed by atoms with Gasteiger partial charge in [0.15, 0.2) is 0 Å². The maximum absolute atomic E-state index is 12.6. The summed E-state index contributed by atoms with van der Waals surface area (Å²) in [5.74, 6) is -0.206. The number of aliphatic imine (C=N–C) groups is 1. The summed E-state index contributed by atoms with van der Waals surface area (Å²) in [6, 6.07) is 6.61. The Kier molecular flexibility index (Phi) is 3.29. The first-order valence-electron chi connectivity index (χ1n) is 4.86. The number of halogens is 1. The molecule has 0 saturated heterocycles. The van der Waals surface area contributed by atoms with Gasteiger partial charge >= 0.3 is 0 Å². The lowest BCUT2D eigenvalue weighted by atomic mass is 10.2. The highest BCUT2D eigenvalue weighted by Crippen LogP contribution is 2.03. The second kappa shape index (κ2) is 4.89. The fourth-order valence-corrected chi connectivity index (χ4v) is 1.37. The van der Waals surface area contributed by atoms with Crippen molar-refractivity contribution in [2.45, 2.75) is 12.6 Å². The van der Waals surface area contributed by atoms with E-state index < -0.39 is 0 Å². The number of benzene rings is 1. The Hall–Kier alpha value is -1.42. The van der Waals surface area contributed by atoms with Crippen molar-refractivity contribution >= 4 is 6.40 Å². The molecule has 1 aromatic rings. The van der Waals surface area contributed by atoms with E-state index in [-0.39, 0.29) is 11.9 Å². The molecule has 1 aliphatic rings. The lowest BCUT2D eigenvalue weighted by Crippen LogP contribution is -2.26. The molecule has 1 aliphatic heterocycles. The summed E-state index contributed by atoms with van der Waals surface area (Å²) in [4.78, 5) is 3.99. The summed E-state index contributed by atoms with van der Waals surface area (Å²) in [6.45, 7) is 2.06. The molecule has 1 aromatic carbocycles. The van der Waals surface area contributed by atoms with Crippen molar-refractivity contribution in [3.8, 4) is 0 Å². The Bertz CT molecular complexity index is 337. The molecule has 1 unspecified atom stereocenters. The number of ether oxygens (including phenoxy) is 1. The number of rotatable bonds is 4. The second-order valence-electron chi connectivity index (χ2n) is 3.44. The topological polar surface area (TPSA) is 33.6 Å². The van der Waals surface area contributed by atoms with E-state index in [4.69, 9.17) is 4.74 Å². The molecular formula is C11H12FN2O. The highest BCUT2D eigenvalue weighted by molar-refractivity contribution is 5.48. The Morgan fingerprint density at radius 1 is 1.47 bits per heavy atom. The van der Waals surface area contributed by atoms with Gasteiger partial charge in [-0.1, -0.05) is 12.1 Å². The van der Waals surface area contributed by atoms with Crippen molar-refractivity contribution in [3.05, 3.63) is 35.6 Å². The van der Waals surface area contributed by atoms with Gasteiger partial charge in [-0.3, -0.25) is 0 Å². The Morgan fingerprint density at radius 2 is 2.27 bits per heavy atom. The lowest BCUT2D eigenvalue weighted by Gasteiger charge is -2.07. The number of nitrogens with zero attached hydrogens (tertiary/aromatic N) is 1. The summed E-state index contributed by atoms with van der Waals surface area (Å²) in [6.07, 6.45) is 2.46. The van der Waals surface area contributed by atoms with E-state index in [9.17, 15) is 4.39 Å². The largest absolute Gasteiger partial charge is 0.472 e. The first-order valence-corrected chi connectivity index (χ1v) is 4.86. The maximum Gasteiger partial charge on any atom is 0.273 e. The van der Waals surface area contributed by atoms with Gasteiger partial charge in [0, 0.05) is 13.1 Å². The lowest BCUT2D eigenvalue weighted by molar-refractivity contribution is 0.323. The van der Waals surface area contributed by atoms with Gasteiger partial charge in [-0.15, -0.1) is 0 Å². The monoisotopic (exact) mass is 207 g/mol. The third kappa shape index (κ3) is 3.02.